The minimum Gasteiger partial charge on any atom is -0.489 e. The first-order valence-electron chi connectivity index (χ1n) is 8.39. The molecule has 0 bridgehead atoms. The van der Waals surface area contributed by atoms with Crippen LogP contribution < -0.4 is 4.74 Å². The Morgan fingerprint density at radius 2 is 1.89 bits per heavy atom. The number of hydrogen-bond acceptors (Lipinski definition) is 6. The molecule has 10 heteroatoms. The number of ether oxygens (including phenoxy) is 1. The van der Waals surface area contributed by atoms with Crippen molar-refractivity contribution in [3.05, 3.63) is 45.2 Å². The van der Waals surface area contributed by atoms with Crippen LogP contribution in [-0.2, 0) is 10.0 Å². The molecule has 2 aromatic rings. The van der Waals surface area contributed by atoms with Crippen LogP contribution in [0.25, 0.3) is 0 Å². The Morgan fingerprint density at radius 3 is 2.52 bits per heavy atom. The Hall–Kier alpha value is -0.680. The summed E-state index contributed by atoms with van der Waals surface area (Å²) in [6.07, 6.45) is -0.683. The molecule has 1 fully saturated rings. The summed E-state index contributed by atoms with van der Waals surface area (Å²) in [5.74, 6) is 0.538. The van der Waals surface area contributed by atoms with E-state index in [4.69, 9.17) is 16.3 Å². The van der Waals surface area contributed by atoms with Gasteiger partial charge in [-0.25, -0.2) is 8.42 Å². The van der Waals surface area contributed by atoms with Crippen LogP contribution in [0.3, 0.4) is 0 Å². The quantitative estimate of drug-likeness (QED) is 0.640. The van der Waals surface area contributed by atoms with E-state index in [2.05, 4.69) is 15.9 Å². The standard InChI is InChI=1S/C17H20BrClN2O4S2/c18-16-5-6-17(26-16)27(23,24)21-9-7-20(8-10-21)11-13(22)12-25-15-4-2-1-3-14(15)19/h1-6,13,22H,7-12H2. The molecule has 1 saturated heterocycles. The van der Waals surface area contributed by atoms with Crippen molar-refractivity contribution in [2.24, 2.45) is 0 Å². The van der Waals surface area contributed by atoms with Gasteiger partial charge in [0.1, 0.15) is 22.7 Å². The molecular formula is C17H20BrClN2O4S2. The van der Waals surface area contributed by atoms with Crippen LogP contribution >= 0.6 is 38.9 Å². The van der Waals surface area contributed by atoms with Gasteiger partial charge in [-0.3, -0.25) is 4.90 Å². The number of aliphatic hydroxyl groups excluding tert-OH is 1. The highest BCUT2D eigenvalue weighted by atomic mass is 79.9. The van der Waals surface area contributed by atoms with E-state index < -0.39 is 16.1 Å². The van der Waals surface area contributed by atoms with Crippen LogP contribution in [0, 0.1) is 0 Å². The van der Waals surface area contributed by atoms with Gasteiger partial charge in [0.15, 0.2) is 0 Å². The third-order valence-electron chi connectivity index (χ3n) is 4.21. The fourth-order valence-electron chi connectivity index (χ4n) is 2.81. The van der Waals surface area contributed by atoms with Gasteiger partial charge in [0.25, 0.3) is 10.0 Å². The van der Waals surface area contributed by atoms with Gasteiger partial charge >= 0.3 is 0 Å². The predicted molar refractivity (Wildman–Crippen MR) is 110 cm³/mol. The second kappa shape index (κ2) is 9.21. The molecule has 1 unspecified atom stereocenters. The van der Waals surface area contributed by atoms with Crippen LogP contribution in [-0.4, -0.2) is 68.2 Å². The molecule has 1 aromatic heterocycles. The highest BCUT2D eigenvalue weighted by Crippen LogP contribution is 2.29. The second-order valence-corrected chi connectivity index (χ2v) is 11.2. The van der Waals surface area contributed by atoms with Crippen LogP contribution in [0.15, 0.2) is 44.4 Å². The van der Waals surface area contributed by atoms with Crippen molar-refractivity contribution in [3.8, 4) is 5.75 Å². The molecule has 1 N–H and O–H groups in total. The molecule has 0 radical (unpaired) electrons. The van der Waals surface area contributed by atoms with Crippen LogP contribution in [0.1, 0.15) is 0 Å². The normalized spacial score (nSPS) is 17.7. The van der Waals surface area contributed by atoms with Gasteiger partial charge in [-0.05, 0) is 40.2 Å². The van der Waals surface area contributed by atoms with Gasteiger partial charge in [-0.1, -0.05) is 23.7 Å². The summed E-state index contributed by atoms with van der Waals surface area (Å²) in [6, 6.07) is 10.5. The van der Waals surface area contributed by atoms with Crippen molar-refractivity contribution in [2.75, 3.05) is 39.3 Å². The molecule has 1 aliphatic rings. The molecular weight excluding hydrogens is 476 g/mol. The molecule has 2 heterocycles. The first-order chi connectivity index (χ1) is 12.9. The number of rotatable bonds is 7. The molecule has 3 rings (SSSR count). The highest BCUT2D eigenvalue weighted by molar-refractivity contribution is 9.11. The number of thiophene rings is 1. The zero-order valence-electron chi connectivity index (χ0n) is 14.4. The molecule has 1 aromatic carbocycles. The highest BCUT2D eigenvalue weighted by Gasteiger charge is 2.30. The molecule has 0 aliphatic carbocycles. The van der Waals surface area contributed by atoms with Crippen molar-refractivity contribution in [1.82, 2.24) is 9.21 Å². The number of nitrogens with zero attached hydrogens (tertiary/aromatic N) is 2. The lowest BCUT2D eigenvalue weighted by Crippen LogP contribution is -2.50. The Balaban J connectivity index is 1.47. The molecule has 27 heavy (non-hydrogen) atoms. The Morgan fingerprint density at radius 1 is 1.19 bits per heavy atom. The molecule has 0 spiro atoms. The number of β-amino-alcohol motifs (C(OH)–C–C–N with tert-alkyl or cyclic N) is 1. The number of halogens is 2. The second-order valence-electron chi connectivity index (χ2n) is 6.16. The Kier molecular flexibility index (Phi) is 7.18. The molecule has 1 aliphatic heterocycles. The van der Waals surface area contributed by atoms with Gasteiger partial charge in [0, 0.05) is 32.7 Å². The average Bonchev–Trinajstić information content (AvgIpc) is 3.09. The van der Waals surface area contributed by atoms with Crippen molar-refractivity contribution >= 4 is 48.9 Å². The number of sulfonamides is 1. The fraction of sp³-hybridized carbons (Fsp3) is 0.412. The van der Waals surface area contributed by atoms with Gasteiger partial charge in [-0.15, -0.1) is 11.3 Å². The van der Waals surface area contributed by atoms with Gasteiger partial charge in [0.2, 0.25) is 0 Å². The van der Waals surface area contributed by atoms with E-state index in [1.165, 1.54) is 15.6 Å². The largest absolute Gasteiger partial charge is 0.489 e. The number of hydrogen-bond donors (Lipinski definition) is 1. The van der Waals surface area contributed by atoms with Crippen LogP contribution in [0.5, 0.6) is 5.75 Å². The summed E-state index contributed by atoms with van der Waals surface area (Å²) in [5, 5.41) is 10.7. The lowest BCUT2D eigenvalue weighted by Gasteiger charge is -2.34. The predicted octanol–water partition coefficient (Wildman–Crippen LogP) is 2.91. The maximum absolute atomic E-state index is 12.6. The van der Waals surface area contributed by atoms with Gasteiger partial charge in [0.05, 0.1) is 8.81 Å². The summed E-state index contributed by atoms with van der Waals surface area (Å²) >= 11 is 10.5. The zero-order chi connectivity index (χ0) is 19.4. The minimum absolute atomic E-state index is 0.130. The molecule has 6 nitrogen and oxygen atoms in total. The lowest BCUT2D eigenvalue weighted by atomic mass is 10.3. The van der Waals surface area contributed by atoms with E-state index in [0.29, 0.717) is 47.7 Å². The van der Waals surface area contributed by atoms with Crippen molar-refractivity contribution in [1.29, 1.82) is 0 Å². The van der Waals surface area contributed by atoms with E-state index in [9.17, 15) is 13.5 Å². The van der Waals surface area contributed by atoms with E-state index in [1.807, 2.05) is 17.0 Å². The smallest absolute Gasteiger partial charge is 0.252 e. The monoisotopic (exact) mass is 494 g/mol. The van der Waals surface area contributed by atoms with Crippen molar-refractivity contribution < 1.29 is 18.3 Å². The maximum Gasteiger partial charge on any atom is 0.252 e. The topological polar surface area (TPSA) is 70.1 Å². The van der Waals surface area contributed by atoms with E-state index in [0.717, 1.165) is 3.79 Å². The van der Waals surface area contributed by atoms with Crippen LogP contribution in [0.2, 0.25) is 5.02 Å². The molecule has 1 atom stereocenters. The van der Waals surface area contributed by atoms with E-state index in [-0.39, 0.29) is 6.61 Å². The van der Waals surface area contributed by atoms with Gasteiger partial charge < -0.3 is 9.84 Å². The first kappa shape index (κ1) is 21.0. The average molecular weight is 496 g/mol. The lowest BCUT2D eigenvalue weighted by molar-refractivity contribution is 0.0569. The molecule has 0 saturated carbocycles. The van der Waals surface area contributed by atoms with Crippen LogP contribution in [0.4, 0.5) is 0 Å². The van der Waals surface area contributed by atoms with Crippen molar-refractivity contribution in [3.63, 3.8) is 0 Å². The SMILES string of the molecule is O=S(=O)(c1ccc(Br)s1)N1CCN(CC(O)COc2ccccc2Cl)CC1. The number of benzene rings is 1. The summed E-state index contributed by atoms with van der Waals surface area (Å²) in [4.78, 5) is 2.04. The van der Waals surface area contributed by atoms with E-state index in [1.54, 1.807) is 24.3 Å². The first-order valence-corrected chi connectivity index (χ1v) is 11.8. The number of para-hydroxylation sites is 1. The third-order valence-corrected chi connectivity index (χ3v) is 8.51. The third kappa shape index (κ3) is 5.44. The summed E-state index contributed by atoms with van der Waals surface area (Å²) < 4.78 is 33.5. The number of aliphatic hydroxyl groups is 1. The Bertz CT molecular complexity index is 869. The van der Waals surface area contributed by atoms with Gasteiger partial charge in [-0.2, -0.15) is 4.31 Å². The minimum atomic E-state index is -3.45. The number of piperazine rings is 1. The molecule has 0 amide bonds. The maximum atomic E-state index is 12.6. The molecule has 148 valence electrons. The summed E-state index contributed by atoms with van der Waals surface area (Å²) in [5.41, 5.74) is 0. The van der Waals surface area contributed by atoms with E-state index >= 15 is 0 Å². The summed E-state index contributed by atoms with van der Waals surface area (Å²) in [6.45, 7) is 2.48. The fourth-order valence-corrected chi connectivity index (χ4v) is 6.59. The van der Waals surface area contributed by atoms with Crippen molar-refractivity contribution in [2.45, 2.75) is 10.3 Å². The summed E-state index contributed by atoms with van der Waals surface area (Å²) in [7, 11) is -3.45. The zero-order valence-corrected chi connectivity index (χ0v) is 18.4. The Labute approximate surface area is 176 Å².